The standard InChI is InChI=1S/C14H24N2O/c1-14(2)11-7-16(8-12(11)14)13(17)10-5-3-4-9(10)6-15/h9-12H,3-8,15H2,1-2H3/t9-,10-,11?,12?/m1/s1. The molecule has 3 heteroatoms. The van der Waals surface area contributed by atoms with Crippen LogP contribution >= 0.6 is 0 Å². The van der Waals surface area contributed by atoms with E-state index in [1.165, 1.54) is 6.42 Å². The SMILES string of the molecule is CC1(C)C2CN(C(=O)[C@@H]3CCC[C@@H]3CN)CC21. The first kappa shape index (κ1) is 11.5. The zero-order valence-electron chi connectivity index (χ0n) is 11.0. The Morgan fingerprint density at radius 1 is 1.29 bits per heavy atom. The van der Waals surface area contributed by atoms with E-state index >= 15 is 0 Å². The average molecular weight is 236 g/mol. The van der Waals surface area contributed by atoms with E-state index in [4.69, 9.17) is 5.73 Å². The molecule has 0 aromatic rings. The molecule has 4 atom stereocenters. The number of fused-ring (bicyclic) bond motifs is 1. The minimum atomic E-state index is 0.237. The minimum absolute atomic E-state index is 0.237. The average Bonchev–Trinajstić information content (AvgIpc) is 2.80. The highest BCUT2D eigenvalue weighted by Gasteiger charge is 2.62. The zero-order valence-corrected chi connectivity index (χ0v) is 11.0. The van der Waals surface area contributed by atoms with Gasteiger partial charge in [-0.15, -0.1) is 0 Å². The summed E-state index contributed by atoms with van der Waals surface area (Å²) in [5, 5.41) is 0. The van der Waals surface area contributed by atoms with Crippen LogP contribution in [0.5, 0.6) is 0 Å². The van der Waals surface area contributed by atoms with Gasteiger partial charge in [-0.2, -0.15) is 0 Å². The topological polar surface area (TPSA) is 46.3 Å². The molecule has 3 aliphatic rings. The van der Waals surface area contributed by atoms with Crippen LogP contribution < -0.4 is 5.73 Å². The Morgan fingerprint density at radius 2 is 1.94 bits per heavy atom. The van der Waals surface area contributed by atoms with Gasteiger partial charge in [0.2, 0.25) is 5.91 Å². The van der Waals surface area contributed by atoms with Crippen LogP contribution in [-0.2, 0) is 4.79 Å². The number of nitrogens with two attached hydrogens (primary N) is 1. The molecule has 96 valence electrons. The van der Waals surface area contributed by atoms with E-state index in [-0.39, 0.29) is 5.92 Å². The minimum Gasteiger partial charge on any atom is -0.342 e. The predicted molar refractivity (Wildman–Crippen MR) is 67.2 cm³/mol. The summed E-state index contributed by atoms with van der Waals surface area (Å²) in [6.45, 7) is 7.36. The molecule has 0 spiro atoms. The molecule has 0 radical (unpaired) electrons. The largest absolute Gasteiger partial charge is 0.342 e. The van der Waals surface area contributed by atoms with E-state index < -0.39 is 0 Å². The van der Waals surface area contributed by atoms with Gasteiger partial charge < -0.3 is 10.6 Å². The highest BCUT2D eigenvalue weighted by molar-refractivity contribution is 5.80. The quantitative estimate of drug-likeness (QED) is 0.789. The van der Waals surface area contributed by atoms with Gasteiger partial charge >= 0.3 is 0 Å². The molecule has 0 bridgehead atoms. The van der Waals surface area contributed by atoms with Crippen molar-refractivity contribution in [2.75, 3.05) is 19.6 Å². The molecule has 2 unspecified atom stereocenters. The summed E-state index contributed by atoms with van der Waals surface area (Å²) in [6.07, 6.45) is 3.40. The summed E-state index contributed by atoms with van der Waals surface area (Å²) >= 11 is 0. The second-order valence-electron chi connectivity index (χ2n) is 6.81. The maximum atomic E-state index is 12.5. The van der Waals surface area contributed by atoms with Crippen LogP contribution in [0, 0.1) is 29.1 Å². The molecular formula is C14H24N2O. The molecule has 3 fully saturated rings. The molecule has 0 aromatic heterocycles. The predicted octanol–water partition coefficient (Wildman–Crippen LogP) is 1.48. The van der Waals surface area contributed by atoms with Gasteiger partial charge in [-0.3, -0.25) is 4.79 Å². The van der Waals surface area contributed by atoms with E-state index in [1.54, 1.807) is 0 Å². The van der Waals surface area contributed by atoms with Gasteiger partial charge in [0.05, 0.1) is 0 Å². The van der Waals surface area contributed by atoms with E-state index in [0.717, 1.165) is 37.8 Å². The van der Waals surface area contributed by atoms with Gasteiger partial charge in [0.1, 0.15) is 0 Å². The molecule has 1 heterocycles. The van der Waals surface area contributed by atoms with Crippen molar-refractivity contribution in [2.45, 2.75) is 33.1 Å². The Kier molecular flexibility index (Phi) is 2.51. The van der Waals surface area contributed by atoms with Crippen molar-refractivity contribution >= 4 is 5.91 Å². The summed E-state index contributed by atoms with van der Waals surface area (Å²) in [7, 11) is 0. The summed E-state index contributed by atoms with van der Waals surface area (Å²) in [5.74, 6) is 2.63. The summed E-state index contributed by atoms with van der Waals surface area (Å²) in [6, 6.07) is 0. The summed E-state index contributed by atoms with van der Waals surface area (Å²) < 4.78 is 0. The van der Waals surface area contributed by atoms with Crippen LogP contribution in [0.4, 0.5) is 0 Å². The maximum Gasteiger partial charge on any atom is 0.226 e. The van der Waals surface area contributed by atoms with Crippen LogP contribution in [0.2, 0.25) is 0 Å². The number of carbonyl (C=O) groups excluding carboxylic acids is 1. The van der Waals surface area contributed by atoms with Gasteiger partial charge in [-0.25, -0.2) is 0 Å². The van der Waals surface area contributed by atoms with Crippen LogP contribution in [-0.4, -0.2) is 30.4 Å². The fourth-order valence-electron chi connectivity index (χ4n) is 4.19. The lowest BCUT2D eigenvalue weighted by atomic mass is 9.94. The van der Waals surface area contributed by atoms with E-state index in [9.17, 15) is 4.79 Å². The number of likely N-dealkylation sites (tertiary alicyclic amines) is 1. The number of carbonyl (C=O) groups is 1. The number of piperidine rings is 1. The van der Waals surface area contributed by atoms with Crippen molar-refractivity contribution in [1.82, 2.24) is 4.90 Å². The lowest BCUT2D eigenvalue weighted by Gasteiger charge is -2.27. The number of hydrogen-bond acceptors (Lipinski definition) is 2. The monoisotopic (exact) mass is 236 g/mol. The fourth-order valence-corrected chi connectivity index (χ4v) is 4.19. The van der Waals surface area contributed by atoms with Crippen LogP contribution in [0.25, 0.3) is 0 Å². The third kappa shape index (κ3) is 1.62. The Balaban J connectivity index is 1.62. The van der Waals surface area contributed by atoms with E-state index in [1.807, 2.05) is 0 Å². The first-order chi connectivity index (χ1) is 8.05. The molecule has 2 N–H and O–H groups in total. The van der Waals surface area contributed by atoms with Crippen LogP contribution in [0.1, 0.15) is 33.1 Å². The molecule has 1 amide bonds. The third-order valence-corrected chi connectivity index (χ3v) is 5.71. The molecule has 0 aromatic carbocycles. The normalized spacial score (nSPS) is 42.6. The molecule has 17 heavy (non-hydrogen) atoms. The molecular weight excluding hydrogens is 212 g/mol. The first-order valence-electron chi connectivity index (χ1n) is 7.04. The van der Waals surface area contributed by atoms with Gasteiger partial charge in [0, 0.05) is 19.0 Å². The van der Waals surface area contributed by atoms with E-state index in [0.29, 0.717) is 23.8 Å². The van der Waals surface area contributed by atoms with Crippen molar-refractivity contribution in [3.63, 3.8) is 0 Å². The summed E-state index contributed by atoms with van der Waals surface area (Å²) in [5.41, 5.74) is 6.27. The number of amides is 1. The first-order valence-corrected chi connectivity index (χ1v) is 7.04. The lowest BCUT2D eigenvalue weighted by molar-refractivity contribution is -0.136. The van der Waals surface area contributed by atoms with Gasteiger partial charge in [-0.1, -0.05) is 20.3 Å². The van der Waals surface area contributed by atoms with Crippen molar-refractivity contribution in [3.8, 4) is 0 Å². The maximum absolute atomic E-state index is 12.5. The number of rotatable bonds is 2. The second-order valence-corrected chi connectivity index (χ2v) is 6.81. The Morgan fingerprint density at radius 3 is 2.53 bits per heavy atom. The van der Waals surface area contributed by atoms with Crippen molar-refractivity contribution in [3.05, 3.63) is 0 Å². The lowest BCUT2D eigenvalue weighted by Crippen LogP contribution is -2.39. The van der Waals surface area contributed by atoms with Crippen molar-refractivity contribution in [1.29, 1.82) is 0 Å². The molecule has 1 saturated heterocycles. The second kappa shape index (κ2) is 3.71. The van der Waals surface area contributed by atoms with Gasteiger partial charge in [0.15, 0.2) is 0 Å². The van der Waals surface area contributed by atoms with Crippen molar-refractivity contribution < 1.29 is 4.79 Å². The number of hydrogen-bond donors (Lipinski definition) is 1. The molecule has 3 rings (SSSR count). The van der Waals surface area contributed by atoms with Gasteiger partial charge in [0.25, 0.3) is 0 Å². The van der Waals surface area contributed by atoms with Crippen LogP contribution in [0.15, 0.2) is 0 Å². The number of nitrogens with zero attached hydrogens (tertiary/aromatic N) is 1. The molecule has 3 nitrogen and oxygen atoms in total. The molecule has 2 saturated carbocycles. The van der Waals surface area contributed by atoms with Crippen LogP contribution in [0.3, 0.4) is 0 Å². The van der Waals surface area contributed by atoms with Crippen molar-refractivity contribution in [2.24, 2.45) is 34.8 Å². The molecule has 1 aliphatic heterocycles. The fraction of sp³-hybridized carbons (Fsp3) is 0.929. The third-order valence-electron chi connectivity index (χ3n) is 5.71. The Hall–Kier alpha value is -0.570. The highest BCUT2D eigenvalue weighted by Crippen LogP contribution is 2.62. The van der Waals surface area contributed by atoms with E-state index in [2.05, 4.69) is 18.7 Å². The van der Waals surface area contributed by atoms with Gasteiger partial charge in [-0.05, 0) is 42.6 Å². The Labute approximate surface area is 104 Å². The smallest absolute Gasteiger partial charge is 0.226 e. The summed E-state index contributed by atoms with van der Waals surface area (Å²) in [4.78, 5) is 14.6. The Bertz CT molecular complexity index is 325. The zero-order chi connectivity index (χ0) is 12.2. The molecule has 2 aliphatic carbocycles. The highest BCUT2D eigenvalue weighted by atomic mass is 16.2.